The van der Waals surface area contributed by atoms with Crippen molar-refractivity contribution in [3.63, 3.8) is 0 Å². The third kappa shape index (κ3) is 3.05. The zero-order valence-electron chi connectivity index (χ0n) is 12.3. The predicted octanol–water partition coefficient (Wildman–Crippen LogP) is 4.78. The molecule has 4 nitrogen and oxygen atoms in total. The number of hydrogen-bond acceptors (Lipinski definition) is 4. The molecular formula is C16H19ClN2O2. The van der Waals surface area contributed by atoms with Crippen LogP contribution in [0.1, 0.15) is 51.3 Å². The third-order valence-electron chi connectivity index (χ3n) is 4.34. The molecule has 0 radical (unpaired) electrons. The predicted molar refractivity (Wildman–Crippen MR) is 81.4 cm³/mol. The van der Waals surface area contributed by atoms with Gasteiger partial charge in [-0.15, -0.1) is 0 Å². The van der Waals surface area contributed by atoms with Gasteiger partial charge in [-0.3, -0.25) is 0 Å². The van der Waals surface area contributed by atoms with Crippen molar-refractivity contribution in [3.05, 3.63) is 29.0 Å². The van der Waals surface area contributed by atoms with Crippen LogP contribution in [0, 0.1) is 5.41 Å². The Morgan fingerprint density at radius 2 is 2.00 bits per heavy atom. The quantitative estimate of drug-likeness (QED) is 0.867. The number of benzene rings is 1. The van der Waals surface area contributed by atoms with E-state index in [2.05, 4.69) is 24.0 Å². The number of phenolic OH excluding ortho intramolecular Hbond substituents is 1. The van der Waals surface area contributed by atoms with Gasteiger partial charge in [-0.25, -0.2) is 0 Å². The minimum absolute atomic E-state index is 0.0578. The molecule has 0 aliphatic heterocycles. The molecule has 1 saturated carbocycles. The summed E-state index contributed by atoms with van der Waals surface area (Å²) >= 11 is 5.83. The molecule has 1 fully saturated rings. The van der Waals surface area contributed by atoms with Crippen LogP contribution in [-0.2, 0) is 0 Å². The monoisotopic (exact) mass is 306 g/mol. The Morgan fingerprint density at radius 1 is 1.29 bits per heavy atom. The van der Waals surface area contributed by atoms with E-state index in [4.69, 9.17) is 16.1 Å². The van der Waals surface area contributed by atoms with Gasteiger partial charge in [-0.2, -0.15) is 4.98 Å². The van der Waals surface area contributed by atoms with Gasteiger partial charge in [0.15, 0.2) is 5.82 Å². The Balaban J connectivity index is 1.81. The summed E-state index contributed by atoms with van der Waals surface area (Å²) in [5.74, 6) is 1.51. The van der Waals surface area contributed by atoms with Gasteiger partial charge in [0.2, 0.25) is 0 Å². The first kappa shape index (κ1) is 14.4. The Bertz CT molecular complexity index is 641. The van der Waals surface area contributed by atoms with Crippen LogP contribution in [0.4, 0.5) is 0 Å². The number of hydrogen-bond donors (Lipinski definition) is 1. The first-order chi connectivity index (χ1) is 9.94. The molecule has 1 aliphatic carbocycles. The van der Waals surface area contributed by atoms with Crippen LogP contribution in [0.5, 0.6) is 5.75 Å². The maximum Gasteiger partial charge on any atom is 0.261 e. The van der Waals surface area contributed by atoms with E-state index < -0.39 is 0 Å². The molecule has 1 aromatic heterocycles. The van der Waals surface area contributed by atoms with E-state index >= 15 is 0 Å². The summed E-state index contributed by atoms with van der Waals surface area (Å²) in [7, 11) is 0. The van der Waals surface area contributed by atoms with Gasteiger partial charge >= 0.3 is 0 Å². The molecule has 0 amide bonds. The summed E-state index contributed by atoms with van der Waals surface area (Å²) in [4.78, 5) is 4.46. The van der Waals surface area contributed by atoms with Gasteiger partial charge in [-0.05, 0) is 49.3 Å². The van der Waals surface area contributed by atoms with E-state index in [9.17, 15) is 5.11 Å². The minimum atomic E-state index is 0.0578. The second-order valence-corrected chi connectivity index (χ2v) is 6.99. The zero-order chi connectivity index (χ0) is 15.0. The first-order valence-corrected chi connectivity index (χ1v) is 7.65. The molecule has 0 bridgehead atoms. The van der Waals surface area contributed by atoms with E-state index in [-0.39, 0.29) is 5.75 Å². The highest BCUT2D eigenvalue weighted by atomic mass is 35.5. The maximum absolute atomic E-state index is 9.92. The molecule has 1 aromatic carbocycles. The molecule has 1 N–H and O–H groups in total. The van der Waals surface area contributed by atoms with Crippen LogP contribution in [0.3, 0.4) is 0 Å². The lowest BCUT2D eigenvalue weighted by Crippen LogP contribution is -2.20. The average molecular weight is 307 g/mol. The largest absolute Gasteiger partial charge is 0.507 e. The zero-order valence-corrected chi connectivity index (χ0v) is 13.0. The van der Waals surface area contributed by atoms with Crippen LogP contribution in [0.2, 0.25) is 5.02 Å². The normalized spacial score (nSPS) is 18.8. The Kier molecular flexibility index (Phi) is 3.66. The summed E-state index contributed by atoms with van der Waals surface area (Å²) in [5.41, 5.74) is 0.937. The van der Waals surface area contributed by atoms with Crippen LogP contribution in [-0.4, -0.2) is 15.2 Å². The van der Waals surface area contributed by atoms with Crippen LogP contribution >= 0.6 is 11.6 Å². The Morgan fingerprint density at radius 3 is 2.67 bits per heavy atom. The van der Waals surface area contributed by atoms with E-state index in [0.717, 1.165) is 18.7 Å². The van der Waals surface area contributed by atoms with Crippen molar-refractivity contribution in [1.29, 1.82) is 0 Å². The van der Waals surface area contributed by atoms with Crippen LogP contribution in [0.25, 0.3) is 11.5 Å². The molecule has 21 heavy (non-hydrogen) atoms. The number of aromatic nitrogens is 2. The Hall–Kier alpha value is -1.55. The number of rotatable bonds is 2. The second kappa shape index (κ2) is 5.34. The lowest BCUT2D eigenvalue weighted by molar-refractivity contribution is 0.218. The first-order valence-electron chi connectivity index (χ1n) is 7.27. The fraction of sp³-hybridized carbons (Fsp3) is 0.500. The third-order valence-corrected chi connectivity index (χ3v) is 4.57. The molecule has 1 aliphatic rings. The molecule has 1 heterocycles. The lowest BCUT2D eigenvalue weighted by Gasteiger charge is -2.32. The molecule has 3 rings (SSSR count). The van der Waals surface area contributed by atoms with E-state index in [1.807, 2.05) is 0 Å². The molecule has 0 atom stereocenters. The smallest absolute Gasteiger partial charge is 0.261 e. The Labute approximate surface area is 129 Å². The standard InChI is InChI=1S/C16H19ClN2O2/c1-16(2)7-5-10(6-8-16)14-18-15(21-19-14)12-4-3-11(17)9-13(12)20/h3-4,9-10,20H,5-8H2,1-2H3. The van der Waals surface area contributed by atoms with E-state index in [0.29, 0.717) is 27.8 Å². The van der Waals surface area contributed by atoms with Gasteiger partial charge in [-0.1, -0.05) is 30.6 Å². The van der Waals surface area contributed by atoms with Gasteiger partial charge in [0.25, 0.3) is 5.89 Å². The number of aromatic hydroxyl groups is 1. The minimum Gasteiger partial charge on any atom is -0.507 e. The van der Waals surface area contributed by atoms with Crippen molar-refractivity contribution < 1.29 is 9.63 Å². The van der Waals surface area contributed by atoms with Crippen molar-refractivity contribution >= 4 is 11.6 Å². The molecule has 5 heteroatoms. The van der Waals surface area contributed by atoms with Gasteiger partial charge < -0.3 is 9.63 Å². The summed E-state index contributed by atoms with van der Waals surface area (Å²) in [6.07, 6.45) is 4.51. The SMILES string of the molecule is CC1(C)CCC(c2noc(-c3ccc(Cl)cc3O)n2)CC1. The van der Waals surface area contributed by atoms with Crippen molar-refractivity contribution in [1.82, 2.24) is 10.1 Å². The summed E-state index contributed by atoms with van der Waals surface area (Å²) in [5, 5.41) is 14.5. The van der Waals surface area contributed by atoms with Crippen LogP contribution in [0.15, 0.2) is 22.7 Å². The highest BCUT2D eigenvalue weighted by Crippen LogP contribution is 2.42. The van der Waals surface area contributed by atoms with Gasteiger partial charge in [0, 0.05) is 10.9 Å². The number of phenols is 1. The van der Waals surface area contributed by atoms with Crippen molar-refractivity contribution in [3.8, 4) is 17.2 Å². The molecule has 2 aromatic rings. The molecular weight excluding hydrogens is 288 g/mol. The van der Waals surface area contributed by atoms with Crippen molar-refractivity contribution in [2.45, 2.75) is 45.4 Å². The average Bonchev–Trinajstić information content (AvgIpc) is 2.88. The number of nitrogens with zero attached hydrogens (tertiary/aromatic N) is 2. The molecule has 112 valence electrons. The van der Waals surface area contributed by atoms with E-state index in [1.54, 1.807) is 12.1 Å². The summed E-state index contributed by atoms with van der Waals surface area (Å²) in [6, 6.07) is 4.87. The summed E-state index contributed by atoms with van der Waals surface area (Å²) in [6.45, 7) is 4.60. The second-order valence-electron chi connectivity index (χ2n) is 6.56. The highest BCUT2D eigenvalue weighted by Gasteiger charge is 2.30. The van der Waals surface area contributed by atoms with Gasteiger partial charge in [0.1, 0.15) is 5.75 Å². The van der Waals surface area contributed by atoms with E-state index in [1.165, 1.54) is 18.9 Å². The molecule has 0 spiro atoms. The fourth-order valence-electron chi connectivity index (χ4n) is 2.85. The summed E-state index contributed by atoms with van der Waals surface area (Å²) < 4.78 is 5.31. The van der Waals surface area contributed by atoms with Crippen LogP contribution < -0.4 is 0 Å². The topological polar surface area (TPSA) is 59.2 Å². The van der Waals surface area contributed by atoms with Crippen molar-refractivity contribution in [2.75, 3.05) is 0 Å². The highest BCUT2D eigenvalue weighted by molar-refractivity contribution is 6.30. The van der Waals surface area contributed by atoms with Gasteiger partial charge in [0.05, 0.1) is 5.56 Å². The maximum atomic E-state index is 9.92. The number of halogens is 1. The lowest BCUT2D eigenvalue weighted by atomic mass is 9.73. The van der Waals surface area contributed by atoms with Crippen molar-refractivity contribution in [2.24, 2.45) is 5.41 Å². The fourth-order valence-corrected chi connectivity index (χ4v) is 3.02. The molecule has 0 saturated heterocycles. The molecule has 0 unspecified atom stereocenters.